The van der Waals surface area contributed by atoms with Crippen molar-refractivity contribution in [2.75, 3.05) is 0 Å². The van der Waals surface area contributed by atoms with Crippen LogP contribution < -0.4 is 0 Å². The van der Waals surface area contributed by atoms with E-state index in [1.807, 2.05) is 41.5 Å². The van der Waals surface area contributed by atoms with Crippen molar-refractivity contribution in [2.24, 2.45) is 0 Å². The van der Waals surface area contributed by atoms with Gasteiger partial charge in [0.2, 0.25) is 0 Å². The summed E-state index contributed by atoms with van der Waals surface area (Å²) in [5, 5.41) is 0. The maximum atomic E-state index is 11.8. The van der Waals surface area contributed by atoms with Gasteiger partial charge in [0.25, 0.3) is 0 Å². The van der Waals surface area contributed by atoms with Crippen molar-refractivity contribution < 1.29 is 36.7 Å². The molecule has 0 unspecified atom stereocenters. The first-order chi connectivity index (χ1) is 9.30. The summed E-state index contributed by atoms with van der Waals surface area (Å²) in [5.74, 6) is 0. The summed E-state index contributed by atoms with van der Waals surface area (Å²) in [7, 11) is 0. The van der Waals surface area contributed by atoms with Gasteiger partial charge >= 0.3 is 80.4 Å². The van der Waals surface area contributed by atoms with Gasteiger partial charge in [-0.05, 0) is 0 Å². The average molecular weight is 459 g/mol. The summed E-state index contributed by atoms with van der Waals surface area (Å²) in [6, 6.07) is 0.250. The Kier molecular flexibility index (Phi) is 24.8. The predicted octanol–water partition coefficient (Wildman–Crippen LogP) is 6.40. The van der Waals surface area contributed by atoms with Gasteiger partial charge < -0.3 is 17.2 Å². The van der Waals surface area contributed by atoms with Crippen LogP contribution in [0.15, 0.2) is 16.6 Å². The van der Waals surface area contributed by atoms with Crippen LogP contribution in [-0.2, 0) is 26.2 Å². The predicted molar refractivity (Wildman–Crippen MR) is 88.0 cm³/mol. The molecule has 3 nitrogen and oxygen atoms in total. The smallest absolute Gasteiger partial charge is 4.00 e. The summed E-state index contributed by atoms with van der Waals surface area (Å²) < 4.78 is 34.9. The van der Waals surface area contributed by atoms with Gasteiger partial charge in [-0.2, -0.15) is 0 Å². The molecule has 1 aliphatic carbocycles. The third-order valence-electron chi connectivity index (χ3n) is 1.00. The van der Waals surface area contributed by atoms with Crippen molar-refractivity contribution in [2.45, 2.75) is 66.1 Å². The number of hydrogen-bond donors (Lipinski definition) is 0. The fraction of sp³-hybridized carbons (Fsp3) is 0.714. The third-order valence-corrected chi connectivity index (χ3v) is 3.00. The molecule has 0 saturated carbocycles. The Morgan fingerprint density at radius 1 is 0.909 bits per heavy atom. The van der Waals surface area contributed by atoms with Gasteiger partial charge in [-0.1, -0.05) is 41.5 Å². The summed E-state index contributed by atoms with van der Waals surface area (Å²) in [4.78, 5) is 0. The molecule has 0 aromatic heterocycles. The summed E-state index contributed by atoms with van der Waals surface area (Å²) in [5.41, 5.74) is 19.8. The second-order valence-corrected chi connectivity index (χ2v) is 8.38. The van der Waals surface area contributed by atoms with Crippen molar-refractivity contribution >= 4 is 14.7 Å². The molecule has 0 atom stereocenters. The van der Waals surface area contributed by atoms with E-state index in [1.54, 1.807) is 0 Å². The Hall–Kier alpha value is 0.576. The van der Waals surface area contributed by atoms with Crippen molar-refractivity contribution in [3.05, 3.63) is 39.8 Å². The molecule has 0 aromatic carbocycles. The van der Waals surface area contributed by atoms with Gasteiger partial charge in [0, 0.05) is 0 Å². The molecule has 128 valence electrons. The van der Waals surface area contributed by atoms with Gasteiger partial charge in [-0.15, -0.1) is 18.1 Å². The van der Waals surface area contributed by atoms with E-state index in [1.165, 1.54) is 6.08 Å². The molecule has 0 saturated heterocycles. The van der Waals surface area contributed by atoms with E-state index in [0.29, 0.717) is 6.42 Å². The average Bonchev–Trinajstić information content (AvgIpc) is 2.64. The molecule has 1 rings (SSSR count). The van der Waals surface area contributed by atoms with Gasteiger partial charge in [-0.3, -0.25) is 0 Å². The second kappa shape index (κ2) is 17.9. The largest absolute Gasteiger partial charge is 4.00 e. The standard InChI is InChI=1S/C5H4F3Ge.3C3H8N.Zr/c6-9(7,8)5-3-1-2-4-5;3*1-3(2)4;/h1,3H,2H2;3*3-4H,1-2H3;/q4*-1;+4. The van der Waals surface area contributed by atoms with Gasteiger partial charge in [0.05, 0.1) is 0 Å². The van der Waals surface area contributed by atoms with Crippen LogP contribution in [0.1, 0.15) is 48.0 Å². The normalized spacial score (nSPS) is 12.4. The van der Waals surface area contributed by atoms with E-state index in [0.717, 1.165) is 6.08 Å². The van der Waals surface area contributed by atoms with Crippen LogP contribution in [-0.4, -0.2) is 32.8 Å². The second-order valence-electron chi connectivity index (χ2n) is 5.16. The molecular formula is C14H28F3GeN3Zr. The molecule has 3 N–H and O–H groups in total. The van der Waals surface area contributed by atoms with Crippen molar-refractivity contribution in [3.63, 3.8) is 0 Å². The molecule has 22 heavy (non-hydrogen) atoms. The molecule has 0 radical (unpaired) electrons. The van der Waals surface area contributed by atoms with E-state index in [-0.39, 0.29) is 44.3 Å². The van der Waals surface area contributed by atoms with Crippen LogP contribution in [0.4, 0.5) is 10.5 Å². The Balaban J connectivity index is -0.000000107. The van der Waals surface area contributed by atoms with Crippen LogP contribution in [0.25, 0.3) is 17.2 Å². The van der Waals surface area contributed by atoms with Gasteiger partial charge in [0.15, 0.2) is 0 Å². The van der Waals surface area contributed by atoms with Crippen LogP contribution >= 0.6 is 0 Å². The SMILES string of the molecule is CC(C)[NH-].CC(C)[NH-].CC(C)[NH-].[F][Ge]([F])([F])[C]1=[C-]CC=C1.[Zr+4]. The zero-order chi connectivity index (χ0) is 17.6. The Bertz CT molecular complexity index is 269. The minimum absolute atomic E-state index is 0. The molecule has 1 aliphatic rings. The molecule has 8 heteroatoms. The summed E-state index contributed by atoms with van der Waals surface area (Å²) >= 11 is -5.96. The Labute approximate surface area is 156 Å². The fourth-order valence-corrected chi connectivity index (χ4v) is 1.88. The van der Waals surface area contributed by atoms with Crippen LogP contribution in [0.5, 0.6) is 0 Å². The number of nitrogens with one attached hydrogen (secondary N) is 3. The topological polar surface area (TPSA) is 71.4 Å². The summed E-state index contributed by atoms with van der Waals surface area (Å²) in [6.07, 6.45) is 5.20. The molecular weight excluding hydrogens is 431 g/mol. The van der Waals surface area contributed by atoms with Crippen molar-refractivity contribution in [3.8, 4) is 0 Å². The first-order valence-electron chi connectivity index (χ1n) is 6.78. The zero-order valence-corrected chi connectivity index (χ0v) is 18.8. The molecule has 0 bridgehead atoms. The van der Waals surface area contributed by atoms with Crippen LogP contribution in [0.3, 0.4) is 0 Å². The minimum atomic E-state index is -5.96. The first-order valence-corrected chi connectivity index (χ1v) is 10.2. The molecule has 0 aromatic rings. The first kappa shape index (κ1) is 30.5. The Morgan fingerprint density at radius 3 is 1.27 bits per heavy atom. The van der Waals surface area contributed by atoms with Gasteiger partial charge in [0.1, 0.15) is 0 Å². The number of hydrogen-bond acceptors (Lipinski definition) is 0. The van der Waals surface area contributed by atoms with Gasteiger partial charge in [-0.25, -0.2) is 0 Å². The monoisotopic (exact) mass is 459 g/mol. The maximum Gasteiger partial charge on any atom is 4.00 e. The van der Waals surface area contributed by atoms with Crippen LogP contribution in [0, 0.1) is 6.08 Å². The van der Waals surface area contributed by atoms with E-state index in [4.69, 9.17) is 17.2 Å². The maximum absolute atomic E-state index is 11.8. The third kappa shape index (κ3) is 42.8. The molecule has 0 heterocycles. The van der Waals surface area contributed by atoms with E-state index < -0.39 is 19.1 Å². The van der Waals surface area contributed by atoms with Crippen molar-refractivity contribution in [1.29, 1.82) is 0 Å². The van der Waals surface area contributed by atoms with Crippen LogP contribution in [0.2, 0.25) is 0 Å². The summed E-state index contributed by atoms with van der Waals surface area (Å²) in [6.45, 7) is 11.0. The van der Waals surface area contributed by atoms with Crippen molar-refractivity contribution in [1.82, 2.24) is 0 Å². The minimum Gasteiger partial charge on any atom is 4.00 e. The number of halogens is 3. The number of rotatable bonds is 1. The van der Waals surface area contributed by atoms with E-state index in [9.17, 15) is 10.5 Å². The Morgan fingerprint density at radius 2 is 1.18 bits per heavy atom. The number of allylic oxidation sites excluding steroid dienone is 4. The molecule has 0 spiro atoms. The molecule has 0 fully saturated rings. The fourth-order valence-electron chi connectivity index (χ4n) is 0.599. The van der Waals surface area contributed by atoms with E-state index >= 15 is 0 Å². The molecule has 0 aliphatic heterocycles. The quantitative estimate of drug-likeness (QED) is 0.322. The molecule has 0 amide bonds. The van der Waals surface area contributed by atoms with E-state index in [2.05, 4.69) is 6.08 Å². The zero-order valence-electron chi connectivity index (χ0n) is 14.2.